The van der Waals surface area contributed by atoms with Crippen LogP contribution in [0.25, 0.3) is 0 Å². The van der Waals surface area contributed by atoms with E-state index in [0.717, 1.165) is 18.4 Å². The highest BCUT2D eigenvalue weighted by molar-refractivity contribution is 7.17. The Morgan fingerprint density at radius 1 is 1.40 bits per heavy atom. The minimum Gasteiger partial charge on any atom is -0.464 e. The molecule has 0 spiro atoms. The van der Waals surface area contributed by atoms with Crippen LogP contribution in [0.1, 0.15) is 33.5 Å². The van der Waals surface area contributed by atoms with Gasteiger partial charge in [-0.15, -0.1) is 0 Å². The SMILES string of the molecule is COC(=O)c1nc(N(C)CCC(F)(F)F)sc1C(C)=O. The van der Waals surface area contributed by atoms with Crippen LogP contribution < -0.4 is 4.90 Å². The number of carbonyl (C=O) groups excluding carboxylic acids is 2. The Labute approximate surface area is 117 Å². The van der Waals surface area contributed by atoms with Crippen LogP contribution in [-0.2, 0) is 4.74 Å². The summed E-state index contributed by atoms with van der Waals surface area (Å²) >= 11 is 0.867. The maximum atomic E-state index is 12.2. The predicted molar refractivity (Wildman–Crippen MR) is 67.4 cm³/mol. The molecule has 1 aromatic rings. The fourth-order valence-electron chi connectivity index (χ4n) is 1.34. The van der Waals surface area contributed by atoms with Crippen LogP contribution in [0.5, 0.6) is 0 Å². The second-order valence-corrected chi connectivity index (χ2v) is 4.99. The van der Waals surface area contributed by atoms with Gasteiger partial charge >= 0.3 is 12.1 Å². The van der Waals surface area contributed by atoms with Gasteiger partial charge in [0.1, 0.15) is 4.88 Å². The number of esters is 1. The first kappa shape index (κ1) is 16.4. The average Bonchev–Trinajstić information content (AvgIpc) is 2.79. The van der Waals surface area contributed by atoms with Crippen molar-refractivity contribution < 1.29 is 27.5 Å². The molecule has 0 aliphatic heterocycles. The quantitative estimate of drug-likeness (QED) is 0.618. The number of hydrogen-bond donors (Lipinski definition) is 0. The van der Waals surface area contributed by atoms with E-state index in [1.165, 1.54) is 18.9 Å². The number of carbonyl (C=O) groups is 2. The summed E-state index contributed by atoms with van der Waals surface area (Å²) in [5, 5.41) is 0.167. The van der Waals surface area contributed by atoms with Gasteiger partial charge in [-0.1, -0.05) is 11.3 Å². The number of Topliss-reactive ketones (excluding diaryl/α,β-unsaturated/α-hetero) is 1. The fourth-order valence-corrected chi connectivity index (χ4v) is 2.27. The number of ketones is 1. The van der Waals surface area contributed by atoms with Crippen molar-refractivity contribution in [1.82, 2.24) is 4.98 Å². The van der Waals surface area contributed by atoms with Crippen molar-refractivity contribution >= 4 is 28.2 Å². The van der Waals surface area contributed by atoms with E-state index < -0.39 is 24.3 Å². The van der Waals surface area contributed by atoms with E-state index >= 15 is 0 Å². The Morgan fingerprint density at radius 3 is 2.45 bits per heavy atom. The first-order valence-electron chi connectivity index (χ1n) is 5.53. The third-order valence-corrected chi connectivity index (χ3v) is 3.64. The van der Waals surface area contributed by atoms with Crippen molar-refractivity contribution in [2.75, 3.05) is 25.6 Å². The van der Waals surface area contributed by atoms with Crippen LogP contribution in [0.3, 0.4) is 0 Å². The molecule has 1 aromatic heterocycles. The van der Waals surface area contributed by atoms with E-state index in [4.69, 9.17) is 0 Å². The molecule has 0 aliphatic carbocycles. The Hall–Kier alpha value is -1.64. The molecule has 0 saturated carbocycles. The molecule has 20 heavy (non-hydrogen) atoms. The zero-order valence-corrected chi connectivity index (χ0v) is 11.9. The van der Waals surface area contributed by atoms with Crippen LogP contribution in [-0.4, -0.2) is 43.6 Å². The van der Waals surface area contributed by atoms with Gasteiger partial charge in [0, 0.05) is 20.5 Å². The molecule has 0 fully saturated rings. The number of methoxy groups -OCH3 is 1. The highest BCUT2D eigenvalue weighted by Gasteiger charge is 2.29. The average molecular weight is 310 g/mol. The van der Waals surface area contributed by atoms with Gasteiger partial charge in [-0.25, -0.2) is 9.78 Å². The Morgan fingerprint density at radius 2 is 2.00 bits per heavy atom. The van der Waals surface area contributed by atoms with E-state index in [2.05, 4.69) is 9.72 Å². The van der Waals surface area contributed by atoms with Gasteiger partial charge < -0.3 is 9.64 Å². The molecule has 5 nitrogen and oxygen atoms in total. The molecule has 0 radical (unpaired) electrons. The zero-order chi connectivity index (χ0) is 15.5. The summed E-state index contributed by atoms with van der Waals surface area (Å²) in [6, 6.07) is 0. The lowest BCUT2D eigenvalue weighted by Crippen LogP contribution is -2.24. The molecule has 0 aliphatic rings. The van der Waals surface area contributed by atoms with Crippen LogP contribution in [0.15, 0.2) is 0 Å². The fraction of sp³-hybridized carbons (Fsp3) is 0.545. The van der Waals surface area contributed by atoms with Gasteiger partial charge in [0.2, 0.25) is 0 Å². The molecule has 112 valence electrons. The standard InChI is InChI=1S/C11H13F3N2O3S/c1-6(17)8-7(9(18)19-3)15-10(20-8)16(2)5-4-11(12,13)14/h4-5H2,1-3H3. The molecule has 1 rings (SSSR count). The Balaban J connectivity index is 2.96. The van der Waals surface area contributed by atoms with Gasteiger partial charge in [0.25, 0.3) is 0 Å². The van der Waals surface area contributed by atoms with Crippen molar-refractivity contribution in [3.63, 3.8) is 0 Å². The summed E-state index contributed by atoms with van der Waals surface area (Å²) in [7, 11) is 2.55. The number of alkyl halides is 3. The van der Waals surface area contributed by atoms with E-state index in [9.17, 15) is 22.8 Å². The molecular formula is C11H13F3N2O3S. The van der Waals surface area contributed by atoms with Crippen molar-refractivity contribution in [3.05, 3.63) is 10.6 Å². The van der Waals surface area contributed by atoms with Gasteiger partial charge in [-0.2, -0.15) is 13.2 Å². The molecule has 0 N–H and O–H groups in total. The van der Waals surface area contributed by atoms with E-state index in [1.54, 1.807) is 0 Å². The summed E-state index contributed by atoms with van der Waals surface area (Å²) in [6.45, 7) is 0.939. The van der Waals surface area contributed by atoms with Crippen LogP contribution in [0.4, 0.5) is 18.3 Å². The second kappa shape index (κ2) is 6.21. The Bertz CT molecular complexity index is 514. The number of aromatic nitrogens is 1. The number of nitrogens with zero attached hydrogens (tertiary/aromatic N) is 2. The summed E-state index contributed by atoms with van der Waals surface area (Å²) in [4.78, 5) is 28.1. The number of anilines is 1. The van der Waals surface area contributed by atoms with E-state index in [1.807, 2.05) is 0 Å². The summed E-state index contributed by atoms with van der Waals surface area (Å²) < 4.78 is 41.0. The Kier molecular flexibility index (Phi) is 5.09. The highest BCUT2D eigenvalue weighted by atomic mass is 32.1. The first-order valence-corrected chi connectivity index (χ1v) is 6.35. The predicted octanol–water partition coefficient (Wildman–Crippen LogP) is 2.52. The molecule has 1 heterocycles. The van der Waals surface area contributed by atoms with Gasteiger partial charge in [0.05, 0.1) is 13.5 Å². The lowest BCUT2D eigenvalue weighted by atomic mass is 10.3. The maximum absolute atomic E-state index is 12.2. The zero-order valence-electron chi connectivity index (χ0n) is 11.1. The first-order chi connectivity index (χ1) is 9.15. The number of ether oxygens (including phenoxy) is 1. The van der Waals surface area contributed by atoms with Crippen LogP contribution in [0.2, 0.25) is 0 Å². The van der Waals surface area contributed by atoms with Gasteiger partial charge in [0.15, 0.2) is 16.6 Å². The summed E-state index contributed by atoms with van der Waals surface area (Å²) in [5.74, 6) is -1.18. The number of rotatable bonds is 5. The van der Waals surface area contributed by atoms with E-state index in [-0.39, 0.29) is 22.2 Å². The molecule has 0 saturated heterocycles. The number of hydrogen-bond acceptors (Lipinski definition) is 6. The van der Waals surface area contributed by atoms with E-state index in [0.29, 0.717) is 0 Å². The van der Waals surface area contributed by atoms with Crippen molar-refractivity contribution in [2.45, 2.75) is 19.5 Å². The molecule has 0 atom stereocenters. The summed E-state index contributed by atoms with van der Waals surface area (Å²) in [5.41, 5.74) is -0.168. The second-order valence-electron chi connectivity index (χ2n) is 4.01. The van der Waals surface area contributed by atoms with Gasteiger partial charge in [-0.05, 0) is 0 Å². The topological polar surface area (TPSA) is 59.5 Å². The molecule has 0 bridgehead atoms. The highest BCUT2D eigenvalue weighted by Crippen LogP contribution is 2.28. The molecular weight excluding hydrogens is 297 g/mol. The lowest BCUT2D eigenvalue weighted by molar-refractivity contribution is -0.132. The maximum Gasteiger partial charge on any atom is 0.390 e. The third-order valence-electron chi connectivity index (χ3n) is 2.37. The van der Waals surface area contributed by atoms with Crippen LogP contribution >= 0.6 is 11.3 Å². The van der Waals surface area contributed by atoms with Crippen molar-refractivity contribution in [1.29, 1.82) is 0 Å². The smallest absolute Gasteiger partial charge is 0.390 e. The molecule has 0 unspecified atom stereocenters. The number of halogens is 3. The normalized spacial score (nSPS) is 11.3. The third kappa shape index (κ3) is 4.19. The molecule has 9 heteroatoms. The number of thiazole rings is 1. The minimum absolute atomic E-state index is 0.0747. The van der Waals surface area contributed by atoms with Crippen molar-refractivity contribution in [2.24, 2.45) is 0 Å². The van der Waals surface area contributed by atoms with Crippen LogP contribution in [0, 0.1) is 0 Å². The summed E-state index contributed by atoms with van der Waals surface area (Å²) in [6.07, 6.45) is -5.29. The molecule has 0 aromatic carbocycles. The largest absolute Gasteiger partial charge is 0.464 e. The van der Waals surface area contributed by atoms with Gasteiger partial charge in [-0.3, -0.25) is 4.79 Å². The minimum atomic E-state index is -4.28. The molecule has 0 amide bonds. The monoisotopic (exact) mass is 310 g/mol. The van der Waals surface area contributed by atoms with Crippen molar-refractivity contribution in [3.8, 4) is 0 Å². The lowest BCUT2D eigenvalue weighted by Gasteiger charge is -2.16.